The van der Waals surface area contributed by atoms with Crippen molar-refractivity contribution in [2.24, 2.45) is 0 Å². The molecule has 0 saturated heterocycles. The molecule has 25 heavy (non-hydrogen) atoms. The van der Waals surface area contributed by atoms with Crippen molar-refractivity contribution in [3.63, 3.8) is 0 Å². The van der Waals surface area contributed by atoms with E-state index < -0.39 is 10.0 Å². The van der Waals surface area contributed by atoms with Crippen molar-refractivity contribution in [3.8, 4) is 5.75 Å². The second-order valence-corrected chi connectivity index (χ2v) is 7.59. The number of halogens is 1. The molecule has 2 aromatic carbocycles. The summed E-state index contributed by atoms with van der Waals surface area (Å²) in [5.41, 5.74) is 1.58. The molecule has 0 saturated carbocycles. The molecule has 0 bridgehead atoms. The van der Waals surface area contributed by atoms with Gasteiger partial charge in [-0.3, -0.25) is 9.52 Å². The lowest BCUT2D eigenvalue weighted by Gasteiger charge is -2.11. The average Bonchev–Trinajstić information content (AvgIpc) is 2.51. The topological polar surface area (TPSA) is 84.5 Å². The normalized spacial score (nSPS) is 11.0. The van der Waals surface area contributed by atoms with Crippen molar-refractivity contribution < 1.29 is 17.9 Å². The van der Waals surface area contributed by atoms with E-state index in [1.165, 1.54) is 18.2 Å². The number of amides is 1. The second kappa shape index (κ2) is 8.22. The van der Waals surface area contributed by atoms with Gasteiger partial charge in [0.15, 0.2) is 0 Å². The fraction of sp³-hybridized carbons (Fsp3) is 0.235. The van der Waals surface area contributed by atoms with Gasteiger partial charge in [-0.15, -0.1) is 0 Å². The van der Waals surface area contributed by atoms with Crippen molar-refractivity contribution in [2.75, 3.05) is 24.1 Å². The van der Waals surface area contributed by atoms with E-state index in [9.17, 15) is 13.2 Å². The van der Waals surface area contributed by atoms with Crippen molar-refractivity contribution in [1.29, 1.82) is 0 Å². The minimum absolute atomic E-state index is 0.158. The zero-order valence-electron chi connectivity index (χ0n) is 13.9. The van der Waals surface area contributed by atoms with Crippen LogP contribution >= 0.6 is 11.6 Å². The Bertz CT molecular complexity index is 869. The third-order valence-corrected chi connectivity index (χ3v) is 4.17. The molecular formula is C17H19ClN2O4S. The number of para-hydroxylation sites is 1. The zero-order chi connectivity index (χ0) is 18.4. The van der Waals surface area contributed by atoms with Crippen LogP contribution in [0.3, 0.4) is 0 Å². The van der Waals surface area contributed by atoms with Gasteiger partial charge in [0.25, 0.3) is 5.91 Å². The number of rotatable bonds is 7. The van der Waals surface area contributed by atoms with Crippen LogP contribution in [0.2, 0.25) is 5.02 Å². The Morgan fingerprint density at radius 1 is 1.20 bits per heavy atom. The standard InChI is InChI=1S/C17H19ClN2O4S/c1-12-5-3-4-6-16(12)24-10-9-19-17(21)14-8-7-13(11-15(14)18)20-25(2,22)23/h3-8,11,20H,9-10H2,1-2H3,(H,19,21). The van der Waals surface area contributed by atoms with Crippen LogP contribution in [-0.2, 0) is 10.0 Å². The molecule has 134 valence electrons. The van der Waals surface area contributed by atoms with Gasteiger partial charge < -0.3 is 10.1 Å². The molecule has 8 heteroatoms. The smallest absolute Gasteiger partial charge is 0.252 e. The van der Waals surface area contributed by atoms with Crippen LogP contribution in [0.1, 0.15) is 15.9 Å². The van der Waals surface area contributed by atoms with Gasteiger partial charge in [-0.05, 0) is 36.8 Å². The molecule has 0 heterocycles. The fourth-order valence-corrected chi connectivity index (χ4v) is 2.94. The fourth-order valence-electron chi connectivity index (χ4n) is 2.12. The molecule has 0 aliphatic rings. The maximum absolute atomic E-state index is 12.2. The summed E-state index contributed by atoms with van der Waals surface area (Å²) in [6.07, 6.45) is 1.04. The Labute approximate surface area is 152 Å². The third-order valence-electron chi connectivity index (χ3n) is 3.26. The van der Waals surface area contributed by atoms with Gasteiger partial charge in [-0.2, -0.15) is 0 Å². The Hall–Kier alpha value is -2.25. The Balaban J connectivity index is 1.89. The first-order valence-electron chi connectivity index (χ1n) is 7.50. The Kier molecular flexibility index (Phi) is 6.27. The molecular weight excluding hydrogens is 364 g/mol. The molecule has 0 radical (unpaired) electrons. The van der Waals surface area contributed by atoms with E-state index in [1.807, 2.05) is 31.2 Å². The summed E-state index contributed by atoms with van der Waals surface area (Å²) in [7, 11) is -3.40. The average molecular weight is 383 g/mol. The summed E-state index contributed by atoms with van der Waals surface area (Å²) < 4.78 is 30.3. The predicted octanol–water partition coefficient (Wildman–Crippen LogP) is 2.83. The van der Waals surface area contributed by atoms with Gasteiger partial charge in [0, 0.05) is 5.69 Å². The number of carbonyl (C=O) groups excluding carboxylic acids is 1. The van der Waals surface area contributed by atoms with Gasteiger partial charge in [-0.1, -0.05) is 29.8 Å². The molecule has 0 atom stereocenters. The van der Waals surface area contributed by atoms with Crippen molar-refractivity contribution in [2.45, 2.75) is 6.92 Å². The zero-order valence-corrected chi connectivity index (χ0v) is 15.4. The number of carbonyl (C=O) groups is 1. The summed E-state index contributed by atoms with van der Waals surface area (Å²) in [6.45, 7) is 2.58. The Morgan fingerprint density at radius 2 is 1.92 bits per heavy atom. The van der Waals surface area contributed by atoms with Crippen molar-refractivity contribution in [3.05, 3.63) is 58.6 Å². The maximum Gasteiger partial charge on any atom is 0.252 e. The highest BCUT2D eigenvalue weighted by atomic mass is 35.5. The van der Waals surface area contributed by atoms with Crippen molar-refractivity contribution >= 4 is 33.2 Å². The molecule has 2 N–H and O–H groups in total. The summed E-state index contributed by atoms with van der Waals surface area (Å²) in [6, 6.07) is 11.9. The number of benzene rings is 2. The first kappa shape index (κ1) is 19.1. The SMILES string of the molecule is Cc1ccccc1OCCNC(=O)c1ccc(NS(C)(=O)=O)cc1Cl. The minimum atomic E-state index is -3.40. The molecule has 2 aromatic rings. The van der Waals surface area contributed by atoms with Crippen LogP contribution in [-0.4, -0.2) is 33.7 Å². The quantitative estimate of drug-likeness (QED) is 0.721. The van der Waals surface area contributed by atoms with Gasteiger partial charge in [0.05, 0.1) is 23.4 Å². The highest BCUT2D eigenvalue weighted by Gasteiger charge is 2.12. The molecule has 0 spiro atoms. The van der Waals surface area contributed by atoms with E-state index in [1.54, 1.807) is 0 Å². The monoisotopic (exact) mass is 382 g/mol. The molecule has 0 fully saturated rings. The minimum Gasteiger partial charge on any atom is -0.491 e. The summed E-state index contributed by atoms with van der Waals surface area (Å²) >= 11 is 6.06. The number of nitrogens with one attached hydrogen (secondary N) is 2. The first-order chi connectivity index (χ1) is 11.8. The number of hydrogen-bond acceptors (Lipinski definition) is 4. The summed E-state index contributed by atoms with van der Waals surface area (Å²) in [4.78, 5) is 12.2. The maximum atomic E-state index is 12.2. The molecule has 0 aliphatic carbocycles. The molecule has 0 aromatic heterocycles. The van der Waals surface area contributed by atoms with Crippen LogP contribution in [0.4, 0.5) is 5.69 Å². The second-order valence-electron chi connectivity index (χ2n) is 5.44. The Morgan fingerprint density at radius 3 is 2.56 bits per heavy atom. The summed E-state index contributed by atoms with van der Waals surface area (Å²) in [5.74, 6) is 0.412. The summed E-state index contributed by atoms with van der Waals surface area (Å²) in [5, 5.41) is 2.87. The van der Waals surface area contributed by atoms with E-state index in [0.717, 1.165) is 17.6 Å². The number of anilines is 1. The van der Waals surface area contributed by atoms with Crippen LogP contribution < -0.4 is 14.8 Å². The van der Waals surface area contributed by atoms with Gasteiger partial charge in [-0.25, -0.2) is 8.42 Å². The number of aryl methyl sites for hydroxylation is 1. The number of sulfonamides is 1. The largest absolute Gasteiger partial charge is 0.491 e. The number of ether oxygens (including phenoxy) is 1. The van der Waals surface area contributed by atoms with Crippen LogP contribution in [0.25, 0.3) is 0 Å². The lowest BCUT2D eigenvalue weighted by molar-refractivity contribution is 0.0947. The molecule has 2 rings (SSSR count). The van der Waals surface area contributed by atoms with E-state index >= 15 is 0 Å². The predicted molar refractivity (Wildman–Crippen MR) is 98.9 cm³/mol. The lowest BCUT2D eigenvalue weighted by Crippen LogP contribution is -2.28. The van der Waals surface area contributed by atoms with Gasteiger partial charge >= 0.3 is 0 Å². The van der Waals surface area contributed by atoms with E-state index in [0.29, 0.717) is 18.8 Å². The van der Waals surface area contributed by atoms with Gasteiger partial charge in [0.1, 0.15) is 12.4 Å². The molecule has 6 nitrogen and oxygen atoms in total. The number of hydrogen-bond donors (Lipinski definition) is 2. The molecule has 0 unspecified atom stereocenters. The van der Waals surface area contributed by atoms with E-state index in [-0.39, 0.29) is 16.5 Å². The van der Waals surface area contributed by atoms with Crippen molar-refractivity contribution in [1.82, 2.24) is 5.32 Å². The highest BCUT2D eigenvalue weighted by Crippen LogP contribution is 2.21. The van der Waals surface area contributed by atoms with Crippen LogP contribution in [0.15, 0.2) is 42.5 Å². The van der Waals surface area contributed by atoms with E-state index in [2.05, 4.69) is 10.0 Å². The molecule has 0 aliphatic heterocycles. The lowest BCUT2D eigenvalue weighted by atomic mass is 10.2. The van der Waals surface area contributed by atoms with Crippen LogP contribution in [0, 0.1) is 6.92 Å². The van der Waals surface area contributed by atoms with E-state index in [4.69, 9.17) is 16.3 Å². The van der Waals surface area contributed by atoms with Crippen LogP contribution in [0.5, 0.6) is 5.75 Å². The van der Waals surface area contributed by atoms with Gasteiger partial charge in [0.2, 0.25) is 10.0 Å². The highest BCUT2D eigenvalue weighted by molar-refractivity contribution is 7.92. The first-order valence-corrected chi connectivity index (χ1v) is 9.77. The molecule has 1 amide bonds. The third kappa shape index (κ3) is 5.95.